The van der Waals surface area contributed by atoms with E-state index in [9.17, 15) is 24.6 Å². The third-order valence-corrected chi connectivity index (χ3v) is 5.82. The summed E-state index contributed by atoms with van der Waals surface area (Å²) in [6.07, 6.45) is -0.668. The van der Waals surface area contributed by atoms with E-state index in [1.54, 1.807) is 19.9 Å². The zero-order chi connectivity index (χ0) is 21.9. The van der Waals surface area contributed by atoms with E-state index in [-0.39, 0.29) is 44.8 Å². The van der Waals surface area contributed by atoms with Crippen LogP contribution in [0.1, 0.15) is 29.8 Å². The molecule has 0 unspecified atom stereocenters. The number of carboxylic acids is 1. The molecule has 8 nitrogen and oxygen atoms in total. The molecule has 1 fully saturated rings. The van der Waals surface area contributed by atoms with Crippen molar-refractivity contribution in [3.63, 3.8) is 0 Å². The van der Waals surface area contributed by atoms with Crippen LogP contribution in [-0.4, -0.2) is 55.7 Å². The van der Waals surface area contributed by atoms with E-state index in [1.807, 2.05) is 30.3 Å². The van der Waals surface area contributed by atoms with Crippen LogP contribution in [0.3, 0.4) is 0 Å². The van der Waals surface area contributed by atoms with Gasteiger partial charge in [0.1, 0.15) is 5.41 Å². The second kappa shape index (κ2) is 8.79. The largest absolute Gasteiger partial charge is 0.481 e. The molecule has 0 saturated carbocycles. The highest BCUT2D eigenvalue weighted by atomic mass is 16.4. The van der Waals surface area contributed by atoms with E-state index in [0.717, 1.165) is 11.3 Å². The molecule has 0 radical (unpaired) electrons. The Labute approximate surface area is 174 Å². The Hall–Kier alpha value is -3.00. The minimum Gasteiger partial charge on any atom is -0.481 e. The maximum Gasteiger partial charge on any atom is 0.347 e. The van der Waals surface area contributed by atoms with Gasteiger partial charge >= 0.3 is 11.7 Å². The van der Waals surface area contributed by atoms with Crippen molar-refractivity contribution in [1.82, 2.24) is 14.5 Å². The number of carbonyl (C=O) groups is 2. The Morgan fingerprint density at radius 2 is 1.93 bits per heavy atom. The van der Waals surface area contributed by atoms with Crippen molar-refractivity contribution in [2.24, 2.45) is 5.41 Å². The van der Waals surface area contributed by atoms with Gasteiger partial charge in [-0.15, -0.1) is 0 Å². The van der Waals surface area contributed by atoms with Gasteiger partial charge in [-0.05, 0) is 38.3 Å². The maximum atomic E-state index is 12.8. The molecule has 1 aromatic heterocycles. The molecule has 1 amide bonds. The number of aliphatic carboxylic acids is 1. The van der Waals surface area contributed by atoms with Gasteiger partial charge in [0.05, 0.1) is 6.10 Å². The molecule has 0 spiro atoms. The Morgan fingerprint density at radius 1 is 1.23 bits per heavy atom. The second-order valence-corrected chi connectivity index (χ2v) is 7.97. The van der Waals surface area contributed by atoms with Crippen LogP contribution in [0.15, 0.2) is 41.2 Å². The average Bonchev–Trinajstić information content (AvgIpc) is 2.69. The molecule has 3 rings (SSSR count). The normalized spacial score (nSPS) is 21.4. The second-order valence-electron chi connectivity index (χ2n) is 7.97. The topological polar surface area (TPSA) is 113 Å². The Balaban J connectivity index is 1.76. The van der Waals surface area contributed by atoms with Crippen LogP contribution in [-0.2, 0) is 22.6 Å². The first-order valence-electron chi connectivity index (χ1n) is 10.0. The summed E-state index contributed by atoms with van der Waals surface area (Å²) in [5, 5.41) is 20.6. The summed E-state index contributed by atoms with van der Waals surface area (Å²) in [5.74, 6) is -1.36. The van der Waals surface area contributed by atoms with Crippen molar-refractivity contribution in [3.8, 4) is 0 Å². The minimum atomic E-state index is -1.46. The van der Waals surface area contributed by atoms with Crippen LogP contribution < -0.4 is 5.69 Å². The lowest BCUT2D eigenvalue weighted by atomic mass is 9.72. The highest BCUT2D eigenvalue weighted by molar-refractivity contribution is 5.80. The molecule has 30 heavy (non-hydrogen) atoms. The number of carbonyl (C=O) groups excluding carboxylic acids is 1. The van der Waals surface area contributed by atoms with E-state index >= 15 is 0 Å². The van der Waals surface area contributed by atoms with Gasteiger partial charge in [0.2, 0.25) is 5.91 Å². The van der Waals surface area contributed by atoms with Gasteiger partial charge in [0.25, 0.3) is 0 Å². The number of likely N-dealkylation sites (tertiary alicyclic amines) is 1. The van der Waals surface area contributed by atoms with Crippen molar-refractivity contribution in [1.29, 1.82) is 0 Å². The van der Waals surface area contributed by atoms with Crippen molar-refractivity contribution in [3.05, 3.63) is 63.8 Å². The van der Waals surface area contributed by atoms with Crippen molar-refractivity contribution in [2.75, 3.05) is 13.1 Å². The number of hydrogen-bond acceptors (Lipinski definition) is 5. The summed E-state index contributed by atoms with van der Waals surface area (Å²) in [6, 6.07) is 10.9. The van der Waals surface area contributed by atoms with Crippen molar-refractivity contribution >= 4 is 11.9 Å². The summed E-state index contributed by atoms with van der Waals surface area (Å²) >= 11 is 0. The van der Waals surface area contributed by atoms with Gasteiger partial charge in [-0.3, -0.25) is 14.2 Å². The first-order valence-corrected chi connectivity index (χ1v) is 10.0. The molecule has 0 aliphatic carbocycles. The predicted octanol–water partition coefficient (Wildman–Crippen LogP) is 1.16. The monoisotopic (exact) mass is 413 g/mol. The summed E-state index contributed by atoms with van der Waals surface area (Å²) in [4.78, 5) is 42.6. The highest BCUT2D eigenvalue weighted by Gasteiger charge is 2.50. The first-order chi connectivity index (χ1) is 14.2. The third-order valence-electron chi connectivity index (χ3n) is 5.82. The van der Waals surface area contributed by atoms with Gasteiger partial charge in [0.15, 0.2) is 0 Å². The van der Waals surface area contributed by atoms with E-state index < -0.39 is 23.2 Å². The number of aliphatic hydroxyl groups excluding tert-OH is 1. The number of amides is 1. The van der Waals surface area contributed by atoms with Gasteiger partial charge in [-0.2, -0.15) is 4.98 Å². The van der Waals surface area contributed by atoms with Crippen molar-refractivity contribution in [2.45, 2.75) is 45.8 Å². The molecule has 1 aliphatic rings. The van der Waals surface area contributed by atoms with Gasteiger partial charge in [0, 0.05) is 37.4 Å². The molecular formula is C22H27N3O5. The lowest BCUT2D eigenvalue weighted by Gasteiger charge is -2.43. The fraction of sp³-hybridized carbons (Fsp3) is 0.455. The number of carboxylic acid groups (broad SMARTS) is 1. The van der Waals surface area contributed by atoms with Crippen LogP contribution in [0.25, 0.3) is 0 Å². The van der Waals surface area contributed by atoms with Crippen LogP contribution >= 0.6 is 0 Å². The summed E-state index contributed by atoms with van der Waals surface area (Å²) < 4.78 is 1.44. The van der Waals surface area contributed by atoms with Gasteiger partial charge < -0.3 is 15.1 Å². The lowest BCUT2D eigenvalue weighted by Crippen LogP contribution is -2.58. The fourth-order valence-electron chi connectivity index (χ4n) is 4.12. The molecule has 2 aromatic rings. The smallest absolute Gasteiger partial charge is 0.347 e. The molecule has 1 saturated heterocycles. The fourth-order valence-corrected chi connectivity index (χ4v) is 4.12. The van der Waals surface area contributed by atoms with Gasteiger partial charge in [-0.1, -0.05) is 30.3 Å². The third kappa shape index (κ3) is 4.43. The summed E-state index contributed by atoms with van der Waals surface area (Å²) in [7, 11) is 0. The Kier molecular flexibility index (Phi) is 6.36. The zero-order valence-electron chi connectivity index (χ0n) is 17.2. The Bertz CT molecular complexity index is 988. The summed E-state index contributed by atoms with van der Waals surface area (Å²) in [5.41, 5.74) is 0.267. The predicted molar refractivity (Wildman–Crippen MR) is 110 cm³/mol. The molecule has 0 bridgehead atoms. The van der Waals surface area contributed by atoms with Crippen LogP contribution in [0.5, 0.6) is 0 Å². The number of aryl methyl sites for hydroxylation is 2. The average molecular weight is 413 g/mol. The molecular weight excluding hydrogens is 386 g/mol. The highest BCUT2D eigenvalue weighted by Crippen LogP contribution is 2.35. The molecule has 1 aliphatic heterocycles. The molecule has 2 N–H and O–H groups in total. The van der Waals surface area contributed by atoms with Gasteiger partial charge in [-0.25, -0.2) is 4.79 Å². The zero-order valence-corrected chi connectivity index (χ0v) is 17.2. The van der Waals surface area contributed by atoms with E-state index in [1.165, 1.54) is 9.47 Å². The number of aromatic nitrogens is 2. The minimum absolute atomic E-state index is 0.0582. The standard InChI is InChI=1S/C22H27N3O5/c1-15-12-16(2)25(21(30)23-15)11-9-19(27)24-10-8-18(26)22(14-24,20(28)29)13-17-6-4-3-5-7-17/h3-7,12,18,26H,8-11,13-14H2,1-2H3,(H,28,29)/t18-,22+/m0/s1. The number of benzene rings is 1. The number of nitrogens with zero attached hydrogens (tertiary/aromatic N) is 3. The number of rotatable bonds is 6. The SMILES string of the molecule is Cc1cc(C)n(CCC(=O)N2CC[C@H](O)[C@](Cc3ccccc3)(C(=O)O)C2)c(=O)n1. The first kappa shape index (κ1) is 21.7. The lowest BCUT2D eigenvalue weighted by molar-refractivity contribution is -0.165. The Morgan fingerprint density at radius 3 is 2.57 bits per heavy atom. The van der Waals surface area contributed by atoms with E-state index in [2.05, 4.69) is 4.98 Å². The quantitative estimate of drug-likeness (QED) is 0.735. The molecule has 1 aromatic carbocycles. The van der Waals surface area contributed by atoms with Crippen LogP contribution in [0.2, 0.25) is 0 Å². The number of hydrogen-bond donors (Lipinski definition) is 2. The number of aliphatic hydroxyl groups is 1. The molecule has 2 atom stereocenters. The molecule has 2 heterocycles. The maximum absolute atomic E-state index is 12.8. The number of piperidine rings is 1. The summed E-state index contributed by atoms with van der Waals surface area (Å²) in [6.45, 7) is 3.91. The van der Waals surface area contributed by atoms with Crippen LogP contribution in [0.4, 0.5) is 0 Å². The molecule has 160 valence electrons. The van der Waals surface area contributed by atoms with E-state index in [4.69, 9.17) is 0 Å². The van der Waals surface area contributed by atoms with E-state index in [0.29, 0.717) is 5.69 Å². The van der Waals surface area contributed by atoms with Crippen LogP contribution in [0, 0.1) is 19.3 Å². The van der Waals surface area contributed by atoms with Crippen molar-refractivity contribution < 1.29 is 19.8 Å². The molecule has 8 heteroatoms.